The van der Waals surface area contributed by atoms with E-state index in [0.29, 0.717) is 43.0 Å². The topological polar surface area (TPSA) is 90.5 Å². The SMILES string of the molecule is Cn1c(=O)c2cc(C(=O)NCCN3CCOCC3)n(Cc3ccccc3)c2n(C)c1=O. The number of amides is 1. The van der Waals surface area contributed by atoms with Crippen LogP contribution in [0.2, 0.25) is 0 Å². The average molecular weight is 425 g/mol. The first-order valence-corrected chi connectivity index (χ1v) is 10.4. The van der Waals surface area contributed by atoms with E-state index in [1.54, 1.807) is 17.7 Å². The number of rotatable bonds is 6. The Morgan fingerprint density at radius 1 is 1.06 bits per heavy atom. The van der Waals surface area contributed by atoms with Crippen LogP contribution >= 0.6 is 0 Å². The van der Waals surface area contributed by atoms with Gasteiger partial charge in [-0.25, -0.2) is 4.79 Å². The number of hydrogen-bond donors (Lipinski definition) is 1. The molecule has 4 rings (SSSR count). The fourth-order valence-corrected chi connectivity index (χ4v) is 4.00. The first-order chi connectivity index (χ1) is 15.0. The van der Waals surface area contributed by atoms with Crippen molar-refractivity contribution in [1.82, 2.24) is 23.9 Å². The van der Waals surface area contributed by atoms with Crippen molar-refractivity contribution in [2.24, 2.45) is 14.1 Å². The summed E-state index contributed by atoms with van der Waals surface area (Å²) < 4.78 is 9.59. The standard InChI is InChI=1S/C22H27N5O4/c1-24-20-17(21(29)25(2)22(24)30)14-18(27(20)15-16-6-4-3-5-7-16)19(28)23-8-9-26-10-12-31-13-11-26/h3-7,14H,8-13,15H2,1-2H3,(H,23,28). The molecule has 1 aliphatic heterocycles. The van der Waals surface area contributed by atoms with Gasteiger partial charge in [0.25, 0.3) is 11.5 Å². The van der Waals surface area contributed by atoms with Gasteiger partial charge in [-0.2, -0.15) is 0 Å². The zero-order chi connectivity index (χ0) is 22.0. The lowest BCUT2D eigenvalue weighted by Gasteiger charge is -2.26. The van der Waals surface area contributed by atoms with Crippen LogP contribution in [-0.2, 0) is 25.4 Å². The molecule has 0 atom stereocenters. The van der Waals surface area contributed by atoms with Crippen LogP contribution in [0.3, 0.4) is 0 Å². The number of morpholine rings is 1. The Bertz CT molecular complexity index is 1200. The number of aromatic nitrogens is 3. The molecule has 164 valence electrons. The zero-order valence-corrected chi connectivity index (χ0v) is 17.8. The zero-order valence-electron chi connectivity index (χ0n) is 17.8. The van der Waals surface area contributed by atoms with E-state index in [2.05, 4.69) is 10.2 Å². The Labute approximate surface area is 179 Å². The van der Waals surface area contributed by atoms with E-state index in [-0.39, 0.29) is 5.91 Å². The van der Waals surface area contributed by atoms with Crippen molar-refractivity contribution in [3.63, 3.8) is 0 Å². The van der Waals surface area contributed by atoms with Crippen molar-refractivity contribution in [1.29, 1.82) is 0 Å². The summed E-state index contributed by atoms with van der Waals surface area (Å²) >= 11 is 0. The molecular weight excluding hydrogens is 398 g/mol. The van der Waals surface area contributed by atoms with Crippen molar-refractivity contribution in [3.05, 3.63) is 68.5 Å². The summed E-state index contributed by atoms with van der Waals surface area (Å²) in [6.07, 6.45) is 0. The summed E-state index contributed by atoms with van der Waals surface area (Å²) in [5.74, 6) is -0.269. The van der Waals surface area contributed by atoms with E-state index >= 15 is 0 Å². The van der Waals surface area contributed by atoms with Crippen molar-refractivity contribution in [3.8, 4) is 0 Å². The molecule has 31 heavy (non-hydrogen) atoms. The minimum atomic E-state index is -0.427. The highest BCUT2D eigenvalue weighted by molar-refractivity contribution is 5.98. The Morgan fingerprint density at radius 2 is 1.77 bits per heavy atom. The second-order valence-electron chi connectivity index (χ2n) is 7.75. The first-order valence-electron chi connectivity index (χ1n) is 10.4. The van der Waals surface area contributed by atoms with Gasteiger partial charge in [-0.1, -0.05) is 30.3 Å². The molecule has 1 fully saturated rings. The lowest BCUT2D eigenvalue weighted by atomic mass is 10.2. The molecule has 1 amide bonds. The molecule has 0 radical (unpaired) electrons. The minimum Gasteiger partial charge on any atom is -0.379 e. The maximum atomic E-state index is 13.1. The predicted octanol–water partition coefficient (Wildman–Crippen LogP) is 0.149. The summed E-state index contributed by atoms with van der Waals surface area (Å²) in [5.41, 5.74) is 0.932. The molecule has 0 aliphatic carbocycles. The third-order valence-electron chi connectivity index (χ3n) is 5.73. The second-order valence-corrected chi connectivity index (χ2v) is 7.75. The highest BCUT2D eigenvalue weighted by atomic mass is 16.5. The molecule has 0 spiro atoms. The number of carbonyl (C=O) groups excluding carboxylic acids is 1. The molecule has 9 nitrogen and oxygen atoms in total. The molecule has 1 N–H and O–H groups in total. The Balaban J connectivity index is 1.69. The molecule has 1 aliphatic rings. The number of ether oxygens (including phenoxy) is 1. The van der Waals surface area contributed by atoms with Crippen LogP contribution in [0.4, 0.5) is 0 Å². The van der Waals surface area contributed by atoms with Crippen LogP contribution in [-0.4, -0.2) is 63.9 Å². The van der Waals surface area contributed by atoms with E-state index < -0.39 is 11.2 Å². The molecule has 1 saturated heterocycles. The van der Waals surface area contributed by atoms with Gasteiger partial charge in [0.05, 0.1) is 18.6 Å². The average Bonchev–Trinajstić information content (AvgIpc) is 3.17. The molecule has 3 heterocycles. The third kappa shape index (κ3) is 4.19. The number of carbonyl (C=O) groups is 1. The molecule has 9 heteroatoms. The fourth-order valence-electron chi connectivity index (χ4n) is 4.00. The predicted molar refractivity (Wildman–Crippen MR) is 118 cm³/mol. The molecule has 3 aromatic rings. The Hall–Kier alpha value is -3.17. The monoisotopic (exact) mass is 425 g/mol. The highest BCUT2D eigenvalue weighted by Crippen LogP contribution is 2.18. The van der Waals surface area contributed by atoms with Crippen LogP contribution in [0.25, 0.3) is 11.0 Å². The number of benzene rings is 1. The van der Waals surface area contributed by atoms with E-state index in [4.69, 9.17) is 4.74 Å². The van der Waals surface area contributed by atoms with E-state index in [1.165, 1.54) is 11.6 Å². The smallest absolute Gasteiger partial charge is 0.332 e. The van der Waals surface area contributed by atoms with Gasteiger partial charge in [-0.15, -0.1) is 0 Å². The number of nitrogens with zero attached hydrogens (tertiary/aromatic N) is 4. The van der Waals surface area contributed by atoms with Crippen LogP contribution in [0.1, 0.15) is 16.1 Å². The number of nitrogens with one attached hydrogen (secondary N) is 1. The molecule has 1 aromatic carbocycles. The van der Waals surface area contributed by atoms with Crippen LogP contribution < -0.4 is 16.6 Å². The second kappa shape index (κ2) is 8.91. The summed E-state index contributed by atoms with van der Waals surface area (Å²) in [6, 6.07) is 11.2. The highest BCUT2D eigenvalue weighted by Gasteiger charge is 2.21. The third-order valence-corrected chi connectivity index (χ3v) is 5.73. The van der Waals surface area contributed by atoms with Crippen molar-refractivity contribution < 1.29 is 9.53 Å². The van der Waals surface area contributed by atoms with Gasteiger partial charge >= 0.3 is 5.69 Å². The Morgan fingerprint density at radius 3 is 2.48 bits per heavy atom. The van der Waals surface area contributed by atoms with Crippen molar-refractivity contribution >= 4 is 16.9 Å². The summed E-state index contributed by atoms with van der Waals surface area (Å²) in [5, 5.41) is 3.31. The lowest BCUT2D eigenvalue weighted by Crippen LogP contribution is -2.41. The lowest BCUT2D eigenvalue weighted by molar-refractivity contribution is 0.0383. The van der Waals surface area contributed by atoms with Gasteiger partial charge < -0.3 is 14.6 Å². The van der Waals surface area contributed by atoms with Gasteiger partial charge in [-0.05, 0) is 11.6 Å². The molecule has 0 bridgehead atoms. The van der Waals surface area contributed by atoms with Crippen molar-refractivity contribution in [2.45, 2.75) is 6.54 Å². The quantitative estimate of drug-likeness (QED) is 0.607. The fraction of sp³-hybridized carbons (Fsp3) is 0.409. The van der Waals surface area contributed by atoms with Crippen LogP contribution in [0.15, 0.2) is 46.0 Å². The van der Waals surface area contributed by atoms with Gasteiger partial charge in [0.15, 0.2) is 0 Å². The maximum Gasteiger partial charge on any atom is 0.332 e. The maximum absolute atomic E-state index is 13.1. The largest absolute Gasteiger partial charge is 0.379 e. The van der Waals surface area contributed by atoms with Gasteiger partial charge in [0.1, 0.15) is 11.3 Å². The summed E-state index contributed by atoms with van der Waals surface area (Å²) in [7, 11) is 3.06. The number of hydrogen-bond acceptors (Lipinski definition) is 5. The van der Waals surface area contributed by atoms with Crippen LogP contribution in [0, 0.1) is 0 Å². The van der Waals surface area contributed by atoms with E-state index in [1.807, 2.05) is 30.3 Å². The van der Waals surface area contributed by atoms with E-state index in [9.17, 15) is 14.4 Å². The minimum absolute atomic E-state index is 0.269. The van der Waals surface area contributed by atoms with Gasteiger partial charge in [0, 0.05) is 46.8 Å². The summed E-state index contributed by atoms with van der Waals surface area (Å²) in [6.45, 7) is 4.70. The number of aryl methyl sites for hydroxylation is 1. The Kier molecular flexibility index (Phi) is 6.06. The molecule has 0 saturated carbocycles. The summed E-state index contributed by atoms with van der Waals surface area (Å²) in [4.78, 5) is 40.6. The van der Waals surface area contributed by atoms with E-state index in [0.717, 1.165) is 29.8 Å². The number of fused-ring (bicyclic) bond motifs is 1. The molecule has 2 aromatic heterocycles. The molecule has 0 unspecified atom stereocenters. The molecular formula is C22H27N5O4. The van der Waals surface area contributed by atoms with Crippen molar-refractivity contribution in [2.75, 3.05) is 39.4 Å². The first kappa shape index (κ1) is 21.1. The van der Waals surface area contributed by atoms with Gasteiger partial charge in [-0.3, -0.25) is 23.6 Å². The van der Waals surface area contributed by atoms with Crippen LogP contribution in [0.5, 0.6) is 0 Å². The van der Waals surface area contributed by atoms with Gasteiger partial charge in [0.2, 0.25) is 0 Å². The normalized spacial score (nSPS) is 14.8.